The highest BCUT2D eigenvalue weighted by atomic mass is 16.5. The van der Waals surface area contributed by atoms with Gasteiger partial charge in [-0.25, -0.2) is 0 Å². The van der Waals surface area contributed by atoms with E-state index >= 15 is 0 Å². The maximum Gasteiger partial charge on any atom is 0.0716 e. The molecule has 2 nitrogen and oxygen atoms in total. The lowest BCUT2D eigenvalue weighted by molar-refractivity contribution is 0.184. The molecule has 0 aliphatic rings. The van der Waals surface area contributed by atoms with Crippen LogP contribution in [0.4, 0.5) is 0 Å². The molecule has 0 aliphatic heterocycles. The van der Waals surface area contributed by atoms with Gasteiger partial charge in [0.2, 0.25) is 0 Å². The minimum Gasteiger partial charge on any atom is -0.380 e. The van der Waals surface area contributed by atoms with Crippen LogP contribution in [0.5, 0.6) is 0 Å². The molecule has 0 amide bonds. The highest BCUT2D eigenvalue weighted by Gasteiger charge is 2.06. The first-order chi connectivity index (χ1) is 9.31. The van der Waals surface area contributed by atoms with Crippen LogP contribution >= 0.6 is 0 Å². The van der Waals surface area contributed by atoms with Crippen molar-refractivity contribution in [2.24, 2.45) is 0 Å². The zero-order valence-electron chi connectivity index (χ0n) is 11.6. The number of benzene rings is 2. The molecule has 0 spiro atoms. The second-order valence-corrected chi connectivity index (χ2v) is 4.71. The van der Waals surface area contributed by atoms with Crippen LogP contribution in [-0.4, -0.2) is 7.11 Å². The third kappa shape index (κ3) is 3.91. The smallest absolute Gasteiger partial charge is 0.0716 e. The Morgan fingerprint density at radius 2 is 1.58 bits per heavy atom. The lowest BCUT2D eigenvalue weighted by Gasteiger charge is -2.16. The second kappa shape index (κ2) is 7.07. The van der Waals surface area contributed by atoms with Gasteiger partial charge in [-0.1, -0.05) is 54.6 Å². The van der Waals surface area contributed by atoms with Gasteiger partial charge < -0.3 is 10.1 Å². The first-order valence-corrected chi connectivity index (χ1v) is 6.65. The Morgan fingerprint density at radius 1 is 0.947 bits per heavy atom. The van der Waals surface area contributed by atoms with Crippen molar-refractivity contribution in [3.05, 3.63) is 71.3 Å². The van der Waals surface area contributed by atoms with Crippen LogP contribution in [0.25, 0.3) is 0 Å². The molecule has 2 aromatic rings. The van der Waals surface area contributed by atoms with Crippen LogP contribution in [-0.2, 0) is 17.9 Å². The molecule has 1 atom stereocenters. The first kappa shape index (κ1) is 13.8. The molecule has 0 bridgehead atoms. The molecule has 0 aromatic heterocycles. The van der Waals surface area contributed by atoms with Gasteiger partial charge in [0, 0.05) is 19.7 Å². The second-order valence-electron chi connectivity index (χ2n) is 4.71. The van der Waals surface area contributed by atoms with E-state index in [1.54, 1.807) is 7.11 Å². The Bertz CT molecular complexity index is 496. The molecule has 2 aromatic carbocycles. The Balaban J connectivity index is 1.99. The number of nitrogens with one attached hydrogen (secondary N) is 1. The van der Waals surface area contributed by atoms with Crippen molar-refractivity contribution < 1.29 is 4.74 Å². The Kier molecular flexibility index (Phi) is 5.13. The summed E-state index contributed by atoms with van der Waals surface area (Å²) in [4.78, 5) is 0. The van der Waals surface area contributed by atoms with Crippen LogP contribution < -0.4 is 5.32 Å². The number of rotatable bonds is 6. The highest BCUT2D eigenvalue weighted by molar-refractivity contribution is 5.27. The van der Waals surface area contributed by atoms with E-state index in [-0.39, 0.29) is 0 Å². The number of methoxy groups -OCH3 is 1. The molecule has 0 heterocycles. The van der Waals surface area contributed by atoms with Crippen LogP contribution in [0.1, 0.15) is 29.7 Å². The summed E-state index contributed by atoms with van der Waals surface area (Å²) < 4.78 is 5.23. The van der Waals surface area contributed by atoms with Gasteiger partial charge in [0.1, 0.15) is 0 Å². The van der Waals surface area contributed by atoms with Crippen molar-refractivity contribution >= 4 is 0 Å². The minimum absolute atomic E-state index is 0.344. The average molecular weight is 255 g/mol. The summed E-state index contributed by atoms with van der Waals surface area (Å²) in [5.41, 5.74) is 3.86. The quantitative estimate of drug-likeness (QED) is 0.850. The molecule has 0 aliphatic carbocycles. The monoisotopic (exact) mass is 255 g/mol. The highest BCUT2D eigenvalue weighted by Crippen LogP contribution is 2.14. The van der Waals surface area contributed by atoms with Crippen LogP contribution in [0.15, 0.2) is 54.6 Å². The molecule has 0 saturated heterocycles. The summed E-state index contributed by atoms with van der Waals surface area (Å²) in [6, 6.07) is 19.2. The molecule has 0 fully saturated rings. The maximum absolute atomic E-state index is 5.23. The van der Waals surface area contributed by atoms with Gasteiger partial charge in [-0.15, -0.1) is 0 Å². The molecule has 1 N–H and O–H groups in total. The molecule has 2 rings (SSSR count). The van der Waals surface area contributed by atoms with Gasteiger partial charge in [0.25, 0.3) is 0 Å². The topological polar surface area (TPSA) is 21.3 Å². The molecule has 100 valence electrons. The van der Waals surface area contributed by atoms with E-state index in [4.69, 9.17) is 4.74 Å². The molecule has 2 heteroatoms. The molecule has 0 unspecified atom stereocenters. The van der Waals surface area contributed by atoms with Crippen molar-refractivity contribution in [3.63, 3.8) is 0 Å². The van der Waals surface area contributed by atoms with Crippen molar-refractivity contribution in [1.29, 1.82) is 0 Å². The van der Waals surface area contributed by atoms with Crippen molar-refractivity contribution in [3.8, 4) is 0 Å². The predicted molar refractivity (Wildman–Crippen MR) is 78.9 cm³/mol. The summed E-state index contributed by atoms with van der Waals surface area (Å²) in [6.07, 6.45) is 0. The minimum atomic E-state index is 0.344. The van der Waals surface area contributed by atoms with E-state index in [0.29, 0.717) is 12.6 Å². The largest absolute Gasteiger partial charge is 0.380 e. The van der Waals surface area contributed by atoms with E-state index < -0.39 is 0 Å². The Labute approximate surface area is 115 Å². The molecule has 0 saturated carbocycles. The Morgan fingerprint density at radius 3 is 2.26 bits per heavy atom. The van der Waals surface area contributed by atoms with Gasteiger partial charge in [-0.3, -0.25) is 0 Å². The number of hydrogen-bond donors (Lipinski definition) is 1. The van der Waals surface area contributed by atoms with Gasteiger partial charge in [0.05, 0.1) is 6.61 Å². The van der Waals surface area contributed by atoms with E-state index in [2.05, 4.69) is 60.8 Å². The fraction of sp³-hybridized carbons (Fsp3) is 0.294. The van der Waals surface area contributed by atoms with E-state index in [9.17, 15) is 0 Å². The van der Waals surface area contributed by atoms with E-state index in [1.807, 2.05) is 6.07 Å². The lowest BCUT2D eigenvalue weighted by Crippen LogP contribution is -2.19. The Hall–Kier alpha value is -1.64. The summed E-state index contributed by atoms with van der Waals surface area (Å²) >= 11 is 0. The third-order valence-corrected chi connectivity index (χ3v) is 3.32. The van der Waals surface area contributed by atoms with Crippen molar-refractivity contribution in [1.82, 2.24) is 5.32 Å². The van der Waals surface area contributed by atoms with Gasteiger partial charge >= 0.3 is 0 Å². The van der Waals surface area contributed by atoms with Crippen LogP contribution in [0, 0.1) is 0 Å². The predicted octanol–water partition coefficient (Wildman–Crippen LogP) is 3.68. The zero-order chi connectivity index (χ0) is 13.5. The zero-order valence-corrected chi connectivity index (χ0v) is 11.6. The summed E-state index contributed by atoms with van der Waals surface area (Å²) in [5.74, 6) is 0. The summed E-state index contributed by atoms with van der Waals surface area (Å²) in [7, 11) is 1.73. The molecule has 0 radical (unpaired) electrons. The standard InChI is InChI=1S/C17H21NO/c1-14(15-8-4-3-5-9-15)18-12-16-10-6-7-11-17(16)13-19-2/h3-11,14,18H,12-13H2,1-2H3/t14-/m0/s1. The maximum atomic E-state index is 5.23. The summed E-state index contributed by atoms with van der Waals surface area (Å²) in [5, 5.41) is 3.56. The molecular weight excluding hydrogens is 234 g/mol. The number of ether oxygens (including phenoxy) is 1. The number of hydrogen-bond acceptors (Lipinski definition) is 2. The fourth-order valence-corrected chi connectivity index (χ4v) is 2.15. The van der Waals surface area contributed by atoms with E-state index in [1.165, 1.54) is 16.7 Å². The molecule has 19 heavy (non-hydrogen) atoms. The fourth-order valence-electron chi connectivity index (χ4n) is 2.15. The SMILES string of the molecule is COCc1ccccc1CN[C@@H](C)c1ccccc1. The normalized spacial score (nSPS) is 12.3. The third-order valence-electron chi connectivity index (χ3n) is 3.32. The molecular formula is C17H21NO. The first-order valence-electron chi connectivity index (χ1n) is 6.65. The lowest BCUT2D eigenvalue weighted by atomic mass is 10.1. The van der Waals surface area contributed by atoms with Crippen molar-refractivity contribution in [2.75, 3.05) is 7.11 Å². The van der Waals surface area contributed by atoms with Crippen LogP contribution in [0.3, 0.4) is 0 Å². The van der Waals surface area contributed by atoms with E-state index in [0.717, 1.165) is 6.54 Å². The van der Waals surface area contributed by atoms with Gasteiger partial charge in [-0.05, 0) is 23.6 Å². The van der Waals surface area contributed by atoms with Gasteiger partial charge in [-0.2, -0.15) is 0 Å². The summed E-state index contributed by atoms with van der Waals surface area (Å²) in [6.45, 7) is 3.71. The van der Waals surface area contributed by atoms with Gasteiger partial charge in [0.15, 0.2) is 0 Å². The van der Waals surface area contributed by atoms with Crippen molar-refractivity contribution in [2.45, 2.75) is 26.1 Å². The average Bonchev–Trinajstić information content (AvgIpc) is 2.47. The van der Waals surface area contributed by atoms with Crippen LogP contribution in [0.2, 0.25) is 0 Å².